The molecule has 1 heterocycles. The first-order valence-corrected chi connectivity index (χ1v) is 7.73. The zero-order valence-electron chi connectivity index (χ0n) is 11.2. The number of halogens is 1. The summed E-state index contributed by atoms with van der Waals surface area (Å²) in [6, 6.07) is 14.4. The molecule has 0 aliphatic carbocycles. The topological polar surface area (TPSA) is 34.0 Å². The number of aromatic nitrogens is 1. The van der Waals surface area contributed by atoms with E-state index in [1.54, 1.807) is 0 Å². The molecule has 0 saturated carbocycles. The van der Waals surface area contributed by atoms with Crippen LogP contribution in [-0.4, -0.2) is 15.8 Å². The summed E-state index contributed by atoms with van der Waals surface area (Å²) in [6.07, 6.45) is 0. The van der Waals surface area contributed by atoms with Crippen LogP contribution in [0.5, 0.6) is 0 Å². The number of aryl methyl sites for hydroxylation is 1. The molecule has 0 fully saturated rings. The van der Waals surface area contributed by atoms with E-state index < -0.39 is 0 Å². The van der Waals surface area contributed by atoms with E-state index in [0.29, 0.717) is 5.33 Å². The highest BCUT2D eigenvalue weighted by molar-refractivity contribution is 9.09. The summed E-state index contributed by atoms with van der Waals surface area (Å²) in [5.74, 6) is -0.0384. The highest BCUT2D eigenvalue weighted by Gasteiger charge is 2.10. The Balaban J connectivity index is 2.23. The number of hydrogen-bond donors (Lipinski definition) is 1. The van der Waals surface area contributed by atoms with Crippen molar-refractivity contribution in [1.82, 2.24) is 4.57 Å². The predicted octanol–water partition coefficient (Wildman–Crippen LogP) is 4.15. The molecule has 102 valence electrons. The van der Waals surface area contributed by atoms with Crippen molar-refractivity contribution in [2.24, 2.45) is 0 Å². The van der Waals surface area contributed by atoms with Crippen LogP contribution in [0.15, 0.2) is 42.5 Å². The van der Waals surface area contributed by atoms with E-state index in [4.69, 9.17) is 0 Å². The quantitative estimate of drug-likeness (QED) is 0.719. The number of carbonyl (C=O) groups is 1. The van der Waals surface area contributed by atoms with Crippen LogP contribution in [0.25, 0.3) is 21.8 Å². The van der Waals surface area contributed by atoms with Crippen LogP contribution in [-0.2, 0) is 11.3 Å². The van der Waals surface area contributed by atoms with Crippen molar-refractivity contribution in [3.05, 3.63) is 42.5 Å². The number of amides is 1. The van der Waals surface area contributed by atoms with Crippen LogP contribution >= 0.6 is 15.9 Å². The Morgan fingerprint density at radius 2 is 1.90 bits per heavy atom. The molecule has 1 amide bonds. The summed E-state index contributed by atoms with van der Waals surface area (Å²) in [4.78, 5) is 11.5. The summed E-state index contributed by atoms with van der Waals surface area (Å²) in [6.45, 7) is 3.07. The third kappa shape index (κ3) is 2.10. The minimum absolute atomic E-state index is 0.0384. The van der Waals surface area contributed by atoms with Crippen molar-refractivity contribution in [2.75, 3.05) is 10.6 Å². The van der Waals surface area contributed by atoms with Crippen LogP contribution in [0.2, 0.25) is 0 Å². The van der Waals surface area contributed by atoms with E-state index in [-0.39, 0.29) is 5.91 Å². The zero-order chi connectivity index (χ0) is 14.1. The van der Waals surface area contributed by atoms with Gasteiger partial charge in [0.2, 0.25) is 5.91 Å². The molecule has 1 N–H and O–H groups in total. The highest BCUT2D eigenvalue weighted by Crippen LogP contribution is 2.30. The number of rotatable bonds is 3. The molecule has 3 nitrogen and oxygen atoms in total. The molecule has 0 bridgehead atoms. The number of nitrogens with one attached hydrogen (secondary N) is 1. The van der Waals surface area contributed by atoms with Crippen LogP contribution < -0.4 is 5.32 Å². The Kier molecular flexibility index (Phi) is 3.49. The van der Waals surface area contributed by atoms with Gasteiger partial charge >= 0.3 is 0 Å². The zero-order valence-corrected chi connectivity index (χ0v) is 12.8. The summed E-state index contributed by atoms with van der Waals surface area (Å²) in [5.41, 5.74) is 3.26. The van der Waals surface area contributed by atoms with Gasteiger partial charge in [-0.2, -0.15) is 0 Å². The van der Waals surface area contributed by atoms with Gasteiger partial charge in [0.1, 0.15) is 0 Å². The molecule has 20 heavy (non-hydrogen) atoms. The van der Waals surface area contributed by atoms with Gasteiger partial charge in [-0.15, -0.1) is 0 Å². The van der Waals surface area contributed by atoms with Gasteiger partial charge in [0.25, 0.3) is 0 Å². The Morgan fingerprint density at radius 1 is 1.15 bits per heavy atom. The van der Waals surface area contributed by atoms with E-state index in [2.05, 4.69) is 57.0 Å². The van der Waals surface area contributed by atoms with Gasteiger partial charge in [0.05, 0.1) is 5.33 Å². The number of carbonyl (C=O) groups excluding carboxylic acids is 1. The summed E-state index contributed by atoms with van der Waals surface area (Å²) in [7, 11) is 0. The fraction of sp³-hybridized carbons (Fsp3) is 0.188. The maximum atomic E-state index is 11.5. The average Bonchev–Trinajstić information content (AvgIpc) is 2.80. The van der Waals surface area contributed by atoms with E-state index >= 15 is 0 Å². The number of anilines is 1. The standard InChI is InChI=1S/C16H15BrN2O/c1-2-19-14-6-4-3-5-12(14)13-9-11(7-8-15(13)19)18-16(20)10-17/h3-9H,2,10H2,1H3,(H,18,20). The lowest BCUT2D eigenvalue weighted by atomic mass is 10.1. The highest BCUT2D eigenvalue weighted by atomic mass is 79.9. The van der Waals surface area contributed by atoms with Gasteiger partial charge in [-0.25, -0.2) is 0 Å². The minimum atomic E-state index is -0.0384. The normalized spacial score (nSPS) is 11.1. The number of benzene rings is 2. The summed E-state index contributed by atoms with van der Waals surface area (Å²) >= 11 is 3.16. The van der Waals surface area contributed by atoms with E-state index in [0.717, 1.165) is 12.2 Å². The van der Waals surface area contributed by atoms with Crippen molar-refractivity contribution >= 4 is 49.3 Å². The number of nitrogens with zero attached hydrogens (tertiary/aromatic N) is 1. The second kappa shape index (κ2) is 5.29. The van der Waals surface area contributed by atoms with Gasteiger partial charge in [-0.1, -0.05) is 34.1 Å². The first-order chi connectivity index (χ1) is 9.74. The van der Waals surface area contributed by atoms with Crippen molar-refractivity contribution in [3.8, 4) is 0 Å². The molecule has 0 aliphatic heterocycles. The van der Waals surface area contributed by atoms with Crippen LogP contribution in [0.1, 0.15) is 6.92 Å². The lowest BCUT2D eigenvalue weighted by Crippen LogP contribution is -2.12. The second-order valence-electron chi connectivity index (χ2n) is 4.68. The molecule has 0 spiro atoms. The van der Waals surface area contributed by atoms with Crippen LogP contribution in [0.4, 0.5) is 5.69 Å². The smallest absolute Gasteiger partial charge is 0.235 e. The molecular formula is C16H15BrN2O. The summed E-state index contributed by atoms with van der Waals surface area (Å²) in [5, 5.41) is 5.59. The van der Waals surface area contributed by atoms with Gasteiger partial charge < -0.3 is 9.88 Å². The molecule has 1 aromatic heterocycles. The molecule has 3 rings (SSSR count). The Hall–Kier alpha value is -1.81. The molecule has 3 aromatic rings. The molecule has 0 aliphatic rings. The van der Waals surface area contributed by atoms with Crippen molar-refractivity contribution in [1.29, 1.82) is 0 Å². The lowest BCUT2D eigenvalue weighted by molar-refractivity contribution is -0.113. The third-order valence-corrected chi connectivity index (χ3v) is 4.00. The average molecular weight is 331 g/mol. The van der Waals surface area contributed by atoms with Gasteiger partial charge in [-0.05, 0) is 31.2 Å². The molecular weight excluding hydrogens is 316 g/mol. The third-order valence-electron chi connectivity index (χ3n) is 3.49. The Morgan fingerprint density at radius 3 is 2.65 bits per heavy atom. The summed E-state index contributed by atoms with van der Waals surface area (Å²) < 4.78 is 2.29. The predicted molar refractivity (Wildman–Crippen MR) is 87.5 cm³/mol. The van der Waals surface area contributed by atoms with Crippen LogP contribution in [0, 0.1) is 0 Å². The lowest BCUT2D eigenvalue weighted by Gasteiger charge is -2.05. The fourth-order valence-electron chi connectivity index (χ4n) is 2.67. The number of hydrogen-bond acceptors (Lipinski definition) is 1. The van der Waals surface area contributed by atoms with Crippen molar-refractivity contribution in [2.45, 2.75) is 13.5 Å². The number of fused-ring (bicyclic) bond motifs is 3. The Labute approximate surface area is 125 Å². The molecule has 0 atom stereocenters. The number of alkyl halides is 1. The first-order valence-electron chi connectivity index (χ1n) is 6.61. The molecule has 0 radical (unpaired) electrons. The van der Waals surface area contributed by atoms with E-state index in [1.165, 1.54) is 21.8 Å². The molecule has 0 unspecified atom stereocenters. The molecule has 2 aromatic carbocycles. The maximum absolute atomic E-state index is 11.5. The van der Waals surface area contributed by atoms with Gasteiger partial charge in [0, 0.05) is 34.0 Å². The number of para-hydroxylation sites is 1. The van der Waals surface area contributed by atoms with E-state index in [9.17, 15) is 4.79 Å². The van der Waals surface area contributed by atoms with Crippen molar-refractivity contribution < 1.29 is 4.79 Å². The first kappa shape index (κ1) is 13.2. The minimum Gasteiger partial charge on any atom is -0.341 e. The monoisotopic (exact) mass is 330 g/mol. The molecule has 0 saturated heterocycles. The van der Waals surface area contributed by atoms with E-state index in [1.807, 2.05) is 18.2 Å². The SMILES string of the molecule is CCn1c2ccccc2c2cc(NC(=O)CBr)ccc21. The fourth-order valence-corrected chi connectivity index (χ4v) is 2.81. The van der Waals surface area contributed by atoms with Crippen LogP contribution in [0.3, 0.4) is 0 Å². The van der Waals surface area contributed by atoms with Crippen molar-refractivity contribution in [3.63, 3.8) is 0 Å². The maximum Gasteiger partial charge on any atom is 0.235 e. The largest absolute Gasteiger partial charge is 0.341 e. The Bertz CT molecular complexity index is 792. The van der Waals surface area contributed by atoms with Gasteiger partial charge in [0.15, 0.2) is 0 Å². The molecule has 4 heteroatoms. The second-order valence-corrected chi connectivity index (χ2v) is 5.24. The van der Waals surface area contributed by atoms with Gasteiger partial charge in [-0.3, -0.25) is 4.79 Å².